The number of ether oxygens (including phenoxy) is 1. The van der Waals surface area contributed by atoms with E-state index in [9.17, 15) is 0 Å². The summed E-state index contributed by atoms with van der Waals surface area (Å²) >= 11 is 1.87. The lowest BCUT2D eigenvalue weighted by molar-refractivity contribution is 0.413. The van der Waals surface area contributed by atoms with Gasteiger partial charge in [0.2, 0.25) is 0 Å². The molecule has 0 aliphatic rings. The number of aryl methyl sites for hydroxylation is 1. The number of nitrogen functional groups attached to an aromatic ring is 1. The van der Waals surface area contributed by atoms with Crippen LogP contribution in [0.25, 0.3) is 0 Å². The number of nitrogens with two attached hydrogens (primary N) is 1. The van der Waals surface area contributed by atoms with E-state index in [2.05, 4.69) is 24.3 Å². The molecule has 0 aromatic heterocycles. The first-order valence-electron chi connectivity index (χ1n) is 6.39. The molecule has 2 aromatic rings. The minimum Gasteiger partial charge on any atom is -0.497 e. The van der Waals surface area contributed by atoms with E-state index in [4.69, 9.17) is 10.5 Å². The molecule has 0 atom stereocenters. The summed E-state index contributed by atoms with van der Waals surface area (Å²) in [5.74, 6) is 2.03. The van der Waals surface area contributed by atoms with Gasteiger partial charge in [-0.15, -0.1) is 11.8 Å². The third-order valence-corrected chi connectivity index (χ3v) is 3.98. The topological polar surface area (TPSA) is 35.2 Å². The first kappa shape index (κ1) is 13.8. The minimum absolute atomic E-state index is 0.828. The summed E-state index contributed by atoms with van der Waals surface area (Å²) in [5.41, 5.74) is 7.84. The van der Waals surface area contributed by atoms with Crippen LogP contribution in [0.3, 0.4) is 0 Å². The Bertz CT molecular complexity index is 510. The zero-order valence-electron chi connectivity index (χ0n) is 11.1. The highest BCUT2D eigenvalue weighted by Crippen LogP contribution is 2.23. The Hall–Kier alpha value is -1.61. The molecule has 100 valence electrons. The maximum Gasteiger partial charge on any atom is 0.119 e. The quantitative estimate of drug-likeness (QED) is 0.491. The fraction of sp³-hybridized carbons (Fsp3) is 0.250. The van der Waals surface area contributed by atoms with Gasteiger partial charge >= 0.3 is 0 Å². The maximum absolute atomic E-state index is 5.67. The maximum atomic E-state index is 5.67. The van der Waals surface area contributed by atoms with Gasteiger partial charge in [-0.2, -0.15) is 0 Å². The predicted molar refractivity (Wildman–Crippen MR) is 82.9 cm³/mol. The van der Waals surface area contributed by atoms with Gasteiger partial charge < -0.3 is 10.5 Å². The van der Waals surface area contributed by atoms with Gasteiger partial charge in [-0.1, -0.05) is 18.2 Å². The van der Waals surface area contributed by atoms with Crippen LogP contribution in [-0.4, -0.2) is 12.9 Å². The second kappa shape index (κ2) is 7.10. The van der Waals surface area contributed by atoms with Crippen molar-refractivity contribution in [2.75, 3.05) is 18.6 Å². The Kier molecular flexibility index (Phi) is 5.16. The van der Waals surface area contributed by atoms with Crippen LogP contribution in [0, 0.1) is 0 Å². The monoisotopic (exact) mass is 273 g/mol. The third kappa shape index (κ3) is 4.52. The Labute approximate surface area is 119 Å². The average Bonchev–Trinajstić information content (AvgIpc) is 2.46. The van der Waals surface area contributed by atoms with Crippen LogP contribution in [0.1, 0.15) is 12.0 Å². The molecule has 3 heteroatoms. The van der Waals surface area contributed by atoms with Crippen molar-refractivity contribution < 1.29 is 4.74 Å². The fourth-order valence-corrected chi connectivity index (χ4v) is 2.74. The number of hydrogen-bond donors (Lipinski definition) is 1. The lowest BCUT2D eigenvalue weighted by Crippen LogP contribution is -1.90. The highest BCUT2D eigenvalue weighted by atomic mass is 32.2. The normalized spacial score (nSPS) is 10.4. The first-order valence-corrected chi connectivity index (χ1v) is 7.38. The molecule has 0 saturated carbocycles. The Balaban J connectivity index is 1.75. The van der Waals surface area contributed by atoms with E-state index in [1.54, 1.807) is 7.11 Å². The molecule has 0 saturated heterocycles. The zero-order valence-corrected chi connectivity index (χ0v) is 12.0. The molecule has 2 aromatic carbocycles. The van der Waals surface area contributed by atoms with Crippen molar-refractivity contribution in [1.82, 2.24) is 0 Å². The second-order valence-corrected chi connectivity index (χ2v) is 5.54. The van der Waals surface area contributed by atoms with Gasteiger partial charge in [0.15, 0.2) is 0 Å². The molecule has 0 aliphatic carbocycles. The molecular weight excluding hydrogens is 254 g/mol. The highest BCUT2D eigenvalue weighted by molar-refractivity contribution is 7.99. The Morgan fingerprint density at radius 3 is 2.63 bits per heavy atom. The van der Waals surface area contributed by atoms with E-state index in [0.29, 0.717) is 0 Å². The molecule has 0 radical (unpaired) electrons. The van der Waals surface area contributed by atoms with E-state index in [0.717, 1.165) is 30.0 Å². The van der Waals surface area contributed by atoms with Crippen molar-refractivity contribution in [3.8, 4) is 5.75 Å². The van der Waals surface area contributed by atoms with Crippen LogP contribution < -0.4 is 10.5 Å². The van der Waals surface area contributed by atoms with Gasteiger partial charge in [0.05, 0.1) is 7.11 Å². The van der Waals surface area contributed by atoms with E-state index in [1.807, 2.05) is 36.0 Å². The van der Waals surface area contributed by atoms with Crippen molar-refractivity contribution in [2.24, 2.45) is 0 Å². The number of hydrogen-bond acceptors (Lipinski definition) is 3. The summed E-state index contributed by atoms with van der Waals surface area (Å²) in [6, 6.07) is 16.3. The molecular formula is C16H19NOS. The molecule has 0 spiro atoms. The first-order chi connectivity index (χ1) is 9.28. The summed E-state index contributed by atoms with van der Waals surface area (Å²) < 4.78 is 5.22. The lowest BCUT2D eigenvalue weighted by Gasteiger charge is -2.05. The van der Waals surface area contributed by atoms with Crippen LogP contribution in [0.2, 0.25) is 0 Å². The van der Waals surface area contributed by atoms with Crippen LogP contribution in [0.15, 0.2) is 53.4 Å². The molecule has 19 heavy (non-hydrogen) atoms. The summed E-state index contributed by atoms with van der Waals surface area (Å²) in [7, 11) is 1.70. The van der Waals surface area contributed by atoms with Gasteiger partial charge in [0.1, 0.15) is 5.75 Å². The van der Waals surface area contributed by atoms with Crippen LogP contribution >= 0.6 is 11.8 Å². The number of methoxy groups -OCH3 is 1. The number of thioether (sulfide) groups is 1. The van der Waals surface area contributed by atoms with Crippen molar-refractivity contribution in [3.63, 3.8) is 0 Å². The van der Waals surface area contributed by atoms with Crippen molar-refractivity contribution >= 4 is 17.4 Å². The Morgan fingerprint density at radius 2 is 1.89 bits per heavy atom. The number of rotatable bonds is 6. The summed E-state index contributed by atoms with van der Waals surface area (Å²) in [6.07, 6.45) is 2.25. The lowest BCUT2D eigenvalue weighted by atomic mass is 10.1. The molecule has 0 fully saturated rings. The summed E-state index contributed by atoms with van der Waals surface area (Å²) in [4.78, 5) is 1.26. The highest BCUT2D eigenvalue weighted by Gasteiger charge is 1.98. The number of anilines is 1. The molecule has 2 rings (SSSR count). The molecule has 0 bridgehead atoms. The molecule has 0 amide bonds. The van der Waals surface area contributed by atoms with Gasteiger partial charge in [-0.25, -0.2) is 0 Å². The number of benzene rings is 2. The standard InChI is InChI=1S/C16H19NOS/c1-18-15-5-2-6-16(12-15)19-11-3-4-13-7-9-14(17)10-8-13/h2,5-10,12H,3-4,11,17H2,1H3. The predicted octanol–water partition coefficient (Wildman–Crippen LogP) is 4.00. The van der Waals surface area contributed by atoms with Crippen LogP contribution in [-0.2, 0) is 6.42 Å². The second-order valence-electron chi connectivity index (χ2n) is 4.37. The molecule has 0 aliphatic heterocycles. The van der Waals surface area contributed by atoms with Crippen molar-refractivity contribution in [3.05, 3.63) is 54.1 Å². The zero-order chi connectivity index (χ0) is 13.5. The van der Waals surface area contributed by atoms with Crippen LogP contribution in [0.5, 0.6) is 5.75 Å². The molecule has 2 nitrogen and oxygen atoms in total. The van der Waals surface area contributed by atoms with E-state index in [1.165, 1.54) is 10.5 Å². The SMILES string of the molecule is COc1cccc(SCCCc2ccc(N)cc2)c1. The smallest absolute Gasteiger partial charge is 0.119 e. The van der Waals surface area contributed by atoms with Gasteiger partial charge in [-0.05, 0) is 54.5 Å². The third-order valence-electron chi connectivity index (χ3n) is 2.90. The minimum atomic E-state index is 0.828. The molecule has 0 unspecified atom stereocenters. The fourth-order valence-electron chi connectivity index (χ4n) is 1.84. The van der Waals surface area contributed by atoms with Gasteiger partial charge in [0, 0.05) is 10.6 Å². The van der Waals surface area contributed by atoms with Crippen molar-refractivity contribution in [1.29, 1.82) is 0 Å². The summed E-state index contributed by atoms with van der Waals surface area (Å²) in [6.45, 7) is 0. The average molecular weight is 273 g/mol. The van der Waals surface area contributed by atoms with E-state index < -0.39 is 0 Å². The molecule has 2 N–H and O–H groups in total. The van der Waals surface area contributed by atoms with Gasteiger partial charge in [-0.3, -0.25) is 0 Å². The molecule has 0 heterocycles. The van der Waals surface area contributed by atoms with Crippen molar-refractivity contribution in [2.45, 2.75) is 17.7 Å². The largest absolute Gasteiger partial charge is 0.497 e. The Morgan fingerprint density at radius 1 is 1.11 bits per heavy atom. The van der Waals surface area contributed by atoms with E-state index in [-0.39, 0.29) is 0 Å². The van der Waals surface area contributed by atoms with Crippen LogP contribution in [0.4, 0.5) is 5.69 Å². The summed E-state index contributed by atoms with van der Waals surface area (Å²) in [5, 5.41) is 0. The van der Waals surface area contributed by atoms with Gasteiger partial charge in [0.25, 0.3) is 0 Å². The van der Waals surface area contributed by atoms with E-state index >= 15 is 0 Å².